The highest BCUT2D eigenvalue weighted by Crippen LogP contribution is 2.28. The van der Waals surface area contributed by atoms with Crippen LogP contribution in [0.3, 0.4) is 0 Å². The standard InChI is InChI=1S/C14H9BrN2S/c15-11-6-4-10(5-7-11)13-9-18-14(17-13)12-3-1-2-8-16-12/h1-9H. The van der Waals surface area contributed by atoms with Crippen molar-refractivity contribution in [3.05, 3.63) is 58.5 Å². The van der Waals surface area contributed by atoms with Crippen LogP contribution in [-0.4, -0.2) is 9.97 Å². The Morgan fingerprint density at radius 1 is 0.944 bits per heavy atom. The van der Waals surface area contributed by atoms with E-state index < -0.39 is 0 Å². The highest BCUT2D eigenvalue weighted by Gasteiger charge is 2.06. The number of benzene rings is 1. The average Bonchev–Trinajstić information content (AvgIpc) is 2.90. The van der Waals surface area contributed by atoms with E-state index in [0.717, 1.165) is 26.4 Å². The molecule has 0 aliphatic rings. The zero-order chi connectivity index (χ0) is 12.4. The van der Waals surface area contributed by atoms with Gasteiger partial charge in [-0.1, -0.05) is 34.1 Å². The Bertz CT molecular complexity index is 647. The highest BCUT2D eigenvalue weighted by atomic mass is 79.9. The predicted molar refractivity (Wildman–Crippen MR) is 78.5 cm³/mol. The summed E-state index contributed by atoms with van der Waals surface area (Å²) < 4.78 is 1.08. The molecular weight excluding hydrogens is 308 g/mol. The fourth-order valence-electron chi connectivity index (χ4n) is 1.63. The molecule has 0 aliphatic carbocycles. The summed E-state index contributed by atoms with van der Waals surface area (Å²) in [5.41, 5.74) is 3.04. The van der Waals surface area contributed by atoms with Gasteiger partial charge in [0, 0.05) is 21.6 Å². The highest BCUT2D eigenvalue weighted by molar-refractivity contribution is 9.10. The SMILES string of the molecule is Brc1ccc(-c2csc(-c3ccccn3)n2)cc1. The lowest BCUT2D eigenvalue weighted by atomic mass is 10.2. The Balaban J connectivity index is 1.97. The van der Waals surface area contributed by atoms with Gasteiger partial charge in [-0.15, -0.1) is 11.3 Å². The van der Waals surface area contributed by atoms with Gasteiger partial charge in [0.1, 0.15) is 5.01 Å². The van der Waals surface area contributed by atoms with Crippen LogP contribution < -0.4 is 0 Å². The molecule has 0 aliphatic heterocycles. The first-order valence-electron chi connectivity index (χ1n) is 5.46. The number of thiazole rings is 1. The number of aromatic nitrogens is 2. The zero-order valence-corrected chi connectivity index (χ0v) is 11.8. The third-order valence-electron chi connectivity index (χ3n) is 2.53. The van der Waals surface area contributed by atoms with Gasteiger partial charge in [-0.3, -0.25) is 4.98 Å². The van der Waals surface area contributed by atoms with Crippen molar-refractivity contribution in [2.75, 3.05) is 0 Å². The number of nitrogens with zero attached hydrogens (tertiary/aromatic N) is 2. The normalized spacial score (nSPS) is 10.5. The van der Waals surface area contributed by atoms with E-state index in [9.17, 15) is 0 Å². The molecule has 3 rings (SSSR count). The van der Waals surface area contributed by atoms with Gasteiger partial charge >= 0.3 is 0 Å². The minimum absolute atomic E-state index is 0.922. The fourth-order valence-corrected chi connectivity index (χ4v) is 2.70. The Hall–Kier alpha value is -1.52. The Labute approximate surface area is 117 Å². The molecule has 2 aromatic heterocycles. The molecule has 3 aromatic rings. The lowest BCUT2D eigenvalue weighted by Crippen LogP contribution is -1.81. The van der Waals surface area contributed by atoms with Gasteiger partial charge < -0.3 is 0 Å². The molecule has 0 bridgehead atoms. The third kappa shape index (κ3) is 2.35. The molecule has 2 nitrogen and oxygen atoms in total. The predicted octanol–water partition coefficient (Wildman–Crippen LogP) is 4.63. The van der Waals surface area contributed by atoms with E-state index in [1.165, 1.54) is 0 Å². The van der Waals surface area contributed by atoms with E-state index in [2.05, 4.69) is 43.4 Å². The fraction of sp³-hybridized carbons (Fsp3) is 0. The molecule has 0 N–H and O–H groups in total. The van der Waals surface area contributed by atoms with Crippen LogP contribution in [0, 0.1) is 0 Å². The van der Waals surface area contributed by atoms with E-state index in [4.69, 9.17) is 0 Å². The molecule has 0 amide bonds. The quantitative estimate of drug-likeness (QED) is 0.688. The average molecular weight is 317 g/mol. The Kier molecular flexibility index (Phi) is 3.21. The van der Waals surface area contributed by atoms with Gasteiger partial charge in [0.25, 0.3) is 0 Å². The molecule has 0 atom stereocenters. The maximum absolute atomic E-state index is 4.62. The number of hydrogen-bond acceptors (Lipinski definition) is 3. The summed E-state index contributed by atoms with van der Waals surface area (Å²) in [5.74, 6) is 0. The van der Waals surface area contributed by atoms with E-state index >= 15 is 0 Å². The van der Waals surface area contributed by atoms with E-state index in [-0.39, 0.29) is 0 Å². The topological polar surface area (TPSA) is 25.8 Å². The van der Waals surface area contributed by atoms with Crippen molar-refractivity contribution in [2.45, 2.75) is 0 Å². The van der Waals surface area contributed by atoms with Gasteiger partial charge in [-0.25, -0.2) is 4.98 Å². The third-order valence-corrected chi connectivity index (χ3v) is 3.92. The number of pyridine rings is 1. The molecule has 0 fully saturated rings. The first kappa shape index (κ1) is 11.6. The van der Waals surface area contributed by atoms with Crippen LogP contribution >= 0.6 is 27.3 Å². The maximum atomic E-state index is 4.62. The van der Waals surface area contributed by atoms with Crippen LogP contribution in [0.5, 0.6) is 0 Å². The van der Waals surface area contributed by atoms with Gasteiger partial charge in [0.05, 0.1) is 11.4 Å². The second-order valence-corrected chi connectivity index (χ2v) is 5.53. The molecule has 2 heterocycles. The van der Waals surface area contributed by atoms with Crippen LogP contribution in [0.15, 0.2) is 58.5 Å². The van der Waals surface area contributed by atoms with Crippen LogP contribution in [0.2, 0.25) is 0 Å². The van der Waals surface area contributed by atoms with Crippen molar-refractivity contribution < 1.29 is 0 Å². The molecule has 88 valence electrons. The monoisotopic (exact) mass is 316 g/mol. The number of hydrogen-bond donors (Lipinski definition) is 0. The van der Waals surface area contributed by atoms with Gasteiger partial charge in [0.2, 0.25) is 0 Å². The smallest absolute Gasteiger partial charge is 0.142 e. The Morgan fingerprint density at radius 3 is 2.50 bits per heavy atom. The van der Waals surface area contributed by atoms with E-state index in [1.54, 1.807) is 17.5 Å². The number of rotatable bonds is 2. The van der Waals surface area contributed by atoms with Crippen molar-refractivity contribution in [3.63, 3.8) is 0 Å². The van der Waals surface area contributed by atoms with E-state index in [0.29, 0.717) is 0 Å². The summed E-state index contributed by atoms with van der Waals surface area (Å²) in [5, 5.41) is 3.02. The van der Waals surface area contributed by atoms with Crippen molar-refractivity contribution in [3.8, 4) is 22.0 Å². The lowest BCUT2D eigenvalue weighted by molar-refractivity contribution is 1.29. The Morgan fingerprint density at radius 2 is 1.78 bits per heavy atom. The van der Waals surface area contributed by atoms with Crippen LogP contribution in [-0.2, 0) is 0 Å². The first-order valence-corrected chi connectivity index (χ1v) is 7.13. The van der Waals surface area contributed by atoms with Gasteiger partial charge in [-0.2, -0.15) is 0 Å². The second kappa shape index (κ2) is 5.00. The van der Waals surface area contributed by atoms with Gasteiger partial charge in [0.15, 0.2) is 0 Å². The zero-order valence-electron chi connectivity index (χ0n) is 9.38. The first-order chi connectivity index (χ1) is 8.83. The molecule has 0 spiro atoms. The summed E-state index contributed by atoms with van der Waals surface area (Å²) in [6, 6.07) is 14.0. The van der Waals surface area contributed by atoms with Crippen LogP contribution in [0.4, 0.5) is 0 Å². The summed E-state index contributed by atoms with van der Waals surface area (Å²) in [6.07, 6.45) is 1.79. The molecule has 18 heavy (non-hydrogen) atoms. The molecule has 1 aromatic carbocycles. The van der Waals surface area contributed by atoms with Crippen molar-refractivity contribution >= 4 is 27.3 Å². The molecule has 0 unspecified atom stereocenters. The van der Waals surface area contributed by atoms with Gasteiger partial charge in [-0.05, 0) is 24.3 Å². The molecule has 0 radical (unpaired) electrons. The molecular formula is C14H9BrN2S. The molecule has 0 saturated carbocycles. The van der Waals surface area contributed by atoms with Crippen LogP contribution in [0.25, 0.3) is 22.0 Å². The molecule has 0 saturated heterocycles. The van der Waals surface area contributed by atoms with Crippen molar-refractivity contribution in [2.24, 2.45) is 0 Å². The summed E-state index contributed by atoms with van der Waals surface area (Å²) in [4.78, 5) is 8.93. The lowest BCUT2D eigenvalue weighted by Gasteiger charge is -1.96. The van der Waals surface area contributed by atoms with Crippen molar-refractivity contribution in [1.29, 1.82) is 0 Å². The minimum atomic E-state index is 0.922. The largest absolute Gasteiger partial charge is 0.254 e. The molecule has 4 heteroatoms. The van der Waals surface area contributed by atoms with E-state index in [1.807, 2.05) is 30.3 Å². The number of halogens is 1. The summed E-state index contributed by atoms with van der Waals surface area (Å²) in [6.45, 7) is 0. The summed E-state index contributed by atoms with van der Waals surface area (Å²) in [7, 11) is 0. The summed E-state index contributed by atoms with van der Waals surface area (Å²) >= 11 is 5.05. The van der Waals surface area contributed by atoms with Crippen molar-refractivity contribution in [1.82, 2.24) is 9.97 Å². The second-order valence-electron chi connectivity index (χ2n) is 3.76. The minimum Gasteiger partial charge on any atom is -0.254 e. The maximum Gasteiger partial charge on any atom is 0.142 e. The van der Waals surface area contributed by atoms with Crippen LogP contribution in [0.1, 0.15) is 0 Å².